The highest BCUT2D eigenvalue weighted by molar-refractivity contribution is 5.81. The van der Waals surface area contributed by atoms with Gasteiger partial charge in [0.15, 0.2) is 0 Å². The van der Waals surface area contributed by atoms with Crippen LogP contribution in [-0.4, -0.2) is 23.3 Å². The lowest BCUT2D eigenvalue weighted by atomic mass is 9.87. The van der Waals surface area contributed by atoms with Crippen molar-refractivity contribution in [3.05, 3.63) is 35.4 Å². The zero-order valence-electron chi connectivity index (χ0n) is 19.6. The summed E-state index contributed by atoms with van der Waals surface area (Å²) < 4.78 is 44.7. The molecule has 1 aromatic carbocycles. The largest absolute Gasteiger partial charge is 0.459 e. The van der Waals surface area contributed by atoms with E-state index < -0.39 is 29.7 Å². The van der Waals surface area contributed by atoms with Crippen molar-refractivity contribution in [3.63, 3.8) is 0 Å². The van der Waals surface area contributed by atoms with Crippen LogP contribution >= 0.6 is 0 Å². The Morgan fingerprint density at radius 1 is 0.935 bits per heavy atom. The number of nitrogens with two attached hydrogens (primary N) is 1. The summed E-state index contributed by atoms with van der Waals surface area (Å²) in [5.41, 5.74) is 4.63. The second-order valence-electron chi connectivity index (χ2n) is 9.67. The Hall–Kier alpha value is -1.56. The molecule has 0 heterocycles. The fourth-order valence-corrected chi connectivity index (χ4v) is 3.67. The van der Waals surface area contributed by atoms with E-state index in [1.807, 2.05) is 18.2 Å². The van der Waals surface area contributed by atoms with Crippen LogP contribution in [0.15, 0.2) is 24.3 Å². The lowest BCUT2D eigenvalue weighted by Crippen LogP contribution is -2.55. The topological polar surface area (TPSA) is 52.3 Å². The summed E-state index contributed by atoms with van der Waals surface area (Å²) in [6, 6.07) is 7.38. The van der Waals surface area contributed by atoms with Gasteiger partial charge in [0.1, 0.15) is 11.1 Å². The number of hydrogen-bond acceptors (Lipinski definition) is 3. The molecule has 0 saturated heterocycles. The summed E-state index contributed by atoms with van der Waals surface area (Å²) >= 11 is 0. The first-order valence-electron chi connectivity index (χ1n) is 11.5. The molecule has 3 nitrogen and oxygen atoms in total. The standard InChI is InChI=1S/C25H40F3NO2/c1-5-6-7-8-9-10-11-12-14-20-15-13-16-21(17-20)18-24(29,19-25(26,27)28)22(30)31-23(2,3)4/h13,15-17H,5-12,14,18-19,29H2,1-4H3/t24-/m0/s1. The molecule has 0 aliphatic carbocycles. The Balaban J connectivity index is 2.71. The van der Waals surface area contributed by atoms with Gasteiger partial charge in [-0.25, -0.2) is 0 Å². The molecule has 1 atom stereocenters. The van der Waals surface area contributed by atoms with Crippen LogP contribution in [0, 0.1) is 0 Å². The summed E-state index contributed by atoms with van der Waals surface area (Å²) in [6.07, 6.45) is 4.44. The van der Waals surface area contributed by atoms with Crippen LogP contribution in [-0.2, 0) is 22.4 Å². The van der Waals surface area contributed by atoms with Crippen molar-refractivity contribution >= 4 is 5.97 Å². The minimum atomic E-state index is -4.57. The van der Waals surface area contributed by atoms with E-state index in [1.165, 1.54) is 38.5 Å². The van der Waals surface area contributed by atoms with E-state index in [1.54, 1.807) is 26.8 Å². The molecule has 2 N–H and O–H groups in total. The van der Waals surface area contributed by atoms with Gasteiger partial charge in [0.05, 0.1) is 6.42 Å². The number of ether oxygens (including phenoxy) is 1. The third-order valence-electron chi connectivity index (χ3n) is 5.15. The third kappa shape index (κ3) is 12.2. The molecule has 0 aromatic heterocycles. The maximum absolute atomic E-state index is 13.2. The van der Waals surface area contributed by atoms with Crippen molar-refractivity contribution < 1.29 is 22.7 Å². The monoisotopic (exact) mass is 443 g/mol. The highest BCUT2D eigenvalue weighted by atomic mass is 19.4. The number of rotatable bonds is 13. The van der Waals surface area contributed by atoms with Gasteiger partial charge < -0.3 is 10.5 Å². The van der Waals surface area contributed by atoms with Gasteiger partial charge in [0, 0.05) is 6.42 Å². The first-order chi connectivity index (χ1) is 14.3. The second-order valence-corrected chi connectivity index (χ2v) is 9.67. The number of carbonyl (C=O) groups is 1. The summed E-state index contributed by atoms with van der Waals surface area (Å²) in [5, 5.41) is 0. The van der Waals surface area contributed by atoms with Crippen LogP contribution in [0.3, 0.4) is 0 Å². The molecule has 1 rings (SSSR count). The molecule has 0 spiro atoms. The quantitative estimate of drug-likeness (QED) is 0.266. The van der Waals surface area contributed by atoms with Gasteiger partial charge in [-0.15, -0.1) is 0 Å². The van der Waals surface area contributed by atoms with Crippen molar-refractivity contribution in [3.8, 4) is 0 Å². The molecule has 0 saturated carbocycles. The first kappa shape index (κ1) is 27.5. The molecule has 6 heteroatoms. The number of unbranched alkanes of at least 4 members (excludes halogenated alkanes) is 7. The molecule has 0 aliphatic rings. The van der Waals surface area contributed by atoms with Gasteiger partial charge >= 0.3 is 12.1 Å². The third-order valence-corrected chi connectivity index (χ3v) is 5.15. The van der Waals surface area contributed by atoms with Gasteiger partial charge in [-0.1, -0.05) is 76.1 Å². The van der Waals surface area contributed by atoms with Crippen LogP contribution in [0.4, 0.5) is 13.2 Å². The molecule has 0 fully saturated rings. The number of carbonyl (C=O) groups excluding carboxylic acids is 1. The van der Waals surface area contributed by atoms with E-state index >= 15 is 0 Å². The maximum atomic E-state index is 13.2. The fraction of sp³-hybridized carbons (Fsp3) is 0.720. The van der Waals surface area contributed by atoms with E-state index in [2.05, 4.69) is 6.92 Å². The van der Waals surface area contributed by atoms with Crippen LogP contribution in [0.25, 0.3) is 0 Å². The average Bonchev–Trinajstić information content (AvgIpc) is 2.61. The van der Waals surface area contributed by atoms with Crippen molar-refractivity contribution in [1.82, 2.24) is 0 Å². The molecule has 1 aromatic rings. The molecule has 0 radical (unpaired) electrons. The van der Waals surface area contributed by atoms with Crippen LogP contribution in [0.5, 0.6) is 0 Å². The summed E-state index contributed by atoms with van der Waals surface area (Å²) in [5.74, 6) is -1.02. The molecule has 178 valence electrons. The Labute approximate surface area is 185 Å². The molecular weight excluding hydrogens is 403 g/mol. The van der Waals surface area contributed by atoms with Crippen molar-refractivity contribution in [1.29, 1.82) is 0 Å². The highest BCUT2D eigenvalue weighted by Gasteiger charge is 2.47. The zero-order valence-corrected chi connectivity index (χ0v) is 19.6. The normalized spacial score (nSPS) is 14.3. The number of hydrogen-bond donors (Lipinski definition) is 1. The van der Waals surface area contributed by atoms with Crippen molar-refractivity contribution in [2.75, 3.05) is 0 Å². The lowest BCUT2D eigenvalue weighted by Gasteiger charge is -2.32. The minimum absolute atomic E-state index is 0.216. The first-order valence-corrected chi connectivity index (χ1v) is 11.5. The Kier molecular flexibility index (Phi) is 11.1. The molecule has 0 unspecified atom stereocenters. The number of aryl methyl sites for hydroxylation is 1. The van der Waals surface area contributed by atoms with Gasteiger partial charge in [0.2, 0.25) is 0 Å². The van der Waals surface area contributed by atoms with E-state index in [-0.39, 0.29) is 6.42 Å². The van der Waals surface area contributed by atoms with E-state index in [0.717, 1.165) is 24.8 Å². The molecular formula is C25H40F3NO2. The summed E-state index contributed by atoms with van der Waals surface area (Å²) in [6.45, 7) is 7.05. The van der Waals surface area contributed by atoms with Gasteiger partial charge in [-0.2, -0.15) is 13.2 Å². The van der Waals surface area contributed by atoms with Crippen LogP contribution in [0.2, 0.25) is 0 Å². The van der Waals surface area contributed by atoms with Crippen LogP contribution < -0.4 is 5.73 Å². The van der Waals surface area contributed by atoms with Gasteiger partial charge in [-0.3, -0.25) is 4.79 Å². The SMILES string of the molecule is CCCCCCCCCCc1cccc(C[C@](N)(CC(F)(F)F)C(=O)OC(C)(C)C)c1. The van der Waals surface area contributed by atoms with E-state index in [0.29, 0.717) is 5.56 Å². The summed E-state index contributed by atoms with van der Waals surface area (Å²) in [7, 11) is 0. The average molecular weight is 444 g/mol. The van der Waals surface area contributed by atoms with E-state index in [4.69, 9.17) is 10.5 Å². The predicted molar refractivity (Wildman–Crippen MR) is 120 cm³/mol. The number of alkyl halides is 3. The highest BCUT2D eigenvalue weighted by Crippen LogP contribution is 2.31. The van der Waals surface area contributed by atoms with Crippen molar-refractivity contribution in [2.45, 2.75) is 116 Å². The van der Waals surface area contributed by atoms with Gasteiger partial charge in [0.25, 0.3) is 0 Å². The van der Waals surface area contributed by atoms with E-state index in [9.17, 15) is 18.0 Å². The maximum Gasteiger partial charge on any atom is 0.391 e. The Morgan fingerprint density at radius 3 is 2.03 bits per heavy atom. The fourth-order valence-electron chi connectivity index (χ4n) is 3.67. The molecule has 31 heavy (non-hydrogen) atoms. The summed E-state index contributed by atoms with van der Waals surface area (Å²) in [4.78, 5) is 12.5. The smallest absolute Gasteiger partial charge is 0.391 e. The Morgan fingerprint density at radius 2 is 1.48 bits per heavy atom. The predicted octanol–water partition coefficient (Wildman–Crippen LogP) is 6.90. The number of esters is 1. The molecule has 0 aliphatic heterocycles. The lowest BCUT2D eigenvalue weighted by molar-refractivity contribution is -0.179. The molecule has 0 bridgehead atoms. The van der Waals surface area contributed by atoms with Crippen LogP contribution in [0.1, 0.15) is 96.6 Å². The Bertz CT molecular complexity index is 667. The zero-order chi connectivity index (χ0) is 23.5. The van der Waals surface area contributed by atoms with Gasteiger partial charge in [-0.05, 0) is 44.7 Å². The molecule has 0 amide bonds. The number of halogens is 3. The number of benzene rings is 1. The second kappa shape index (κ2) is 12.5. The minimum Gasteiger partial charge on any atom is -0.459 e. The van der Waals surface area contributed by atoms with Crippen molar-refractivity contribution in [2.24, 2.45) is 5.73 Å².